The maximum absolute atomic E-state index is 2.42. The fourth-order valence-electron chi connectivity index (χ4n) is 12.8. The van der Waals surface area contributed by atoms with E-state index in [1.165, 1.54) is 32.3 Å². The quantitative estimate of drug-likeness (QED) is 0.129. The molecule has 0 aliphatic heterocycles. The van der Waals surface area contributed by atoms with Crippen LogP contribution >= 0.6 is 0 Å². The van der Waals surface area contributed by atoms with Crippen molar-refractivity contribution in [1.82, 2.24) is 13.7 Å². The van der Waals surface area contributed by atoms with Crippen LogP contribution in [0.3, 0.4) is 0 Å². The molecular formula is C78H53N5. The third-order valence-electron chi connectivity index (χ3n) is 16.5. The van der Waals surface area contributed by atoms with Crippen LogP contribution in [-0.2, 0) is 0 Å². The second-order valence-corrected chi connectivity index (χ2v) is 21.4. The number of fused-ring (bicyclic) bond motifs is 9. The molecule has 16 rings (SSSR count). The van der Waals surface area contributed by atoms with Crippen LogP contribution in [0.15, 0.2) is 322 Å². The molecular weight excluding hydrogens is 1010 g/mol. The fourth-order valence-corrected chi connectivity index (χ4v) is 12.8. The summed E-state index contributed by atoms with van der Waals surface area (Å²) in [6, 6.07) is 117. The van der Waals surface area contributed by atoms with E-state index in [0.717, 1.165) is 107 Å². The number of nitrogens with zero attached hydrogens (tertiary/aromatic N) is 5. The Kier molecular flexibility index (Phi) is 11.5. The highest BCUT2D eigenvalue weighted by Gasteiger charge is 2.22. The Morgan fingerprint density at radius 1 is 0.169 bits per heavy atom. The van der Waals surface area contributed by atoms with Gasteiger partial charge in [-0.2, -0.15) is 0 Å². The van der Waals surface area contributed by atoms with Crippen molar-refractivity contribution in [3.8, 4) is 39.3 Å². The normalized spacial score (nSPS) is 11.6. The Morgan fingerprint density at radius 3 is 0.614 bits per heavy atom. The Balaban J connectivity index is 0.870. The zero-order chi connectivity index (χ0) is 54.8. The Hall–Kier alpha value is -11.1. The number of rotatable bonds is 11. The van der Waals surface area contributed by atoms with Crippen LogP contribution in [0.5, 0.6) is 0 Å². The third kappa shape index (κ3) is 8.16. The molecule has 0 N–H and O–H groups in total. The van der Waals surface area contributed by atoms with Crippen LogP contribution in [0, 0.1) is 0 Å². The Labute approximate surface area is 481 Å². The highest BCUT2D eigenvalue weighted by molar-refractivity contribution is 6.15. The molecule has 0 amide bonds. The summed E-state index contributed by atoms with van der Waals surface area (Å²) in [6.45, 7) is 0. The predicted molar refractivity (Wildman–Crippen MR) is 350 cm³/mol. The van der Waals surface area contributed by atoms with Crippen LogP contribution in [0.1, 0.15) is 0 Å². The lowest BCUT2D eigenvalue weighted by Crippen LogP contribution is -2.09. The first-order chi connectivity index (χ1) is 41.2. The van der Waals surface area contributed by atoms with Crippen molar-refractivity contribution < 1.29 is 0 Å². The molecule has 0 bridgehead atoms. The van der Waals surface area contributed by atoms with Gasteiger partial charge in [-0.3, -0.25) is 0 Å². The van der Waals surface area contributed by atoms with Gasteiger partial charge >= 0.3 is 0 Å². The van der Waals surface area contributed by atoms with Gasteiger partial charge in [0.25, 0.3) is 0 Å². The van der Waals surface area contributed by atoms with E-state index in [4.69, 9.17) is 0 Å². The second kappa shape index (κ2) is 19.9. The standard InChI is InChI=1S/C78H53N5/c1-8-22-58(23-9-1)79(59-24-10-2-11-25-59)65-40-46-77-71(52-65)69-50-56(38-44-75(69)82(77)63-32-18-6-19-33-63)54-36-42-73-67(48-54)68-49-55(37-43-74(68)81(73)62-30-16-5-17-31-62)57-39-45-76-70(51-57)72-53-66(41-47-78(72)83(76)64-34-20-7-21-35-64)80(60-26-12-3-13-27-60)61-28-14-4-15-29-61/h1-53H. The minimum absolute atomic E-state index is 1.10. The molecule has 3 aromatic heterocycles. The summed E-state index contributed by atoms with van der Waals surface area (Å²) in [4.78, 5) is 4.70. The fraction of sp³-hybridized carbons (Fsp3) is 0. The molecule has 0 atom stereocenters. The summed E-state index contributed by atoms with van der Waals surface area (Å²) in [5, 5.41) is 7.18. The molecule has 0 saturated carbocycles. The highest BCUT2D eigenvalue weighted by atomic mass is 15.1. The van der Waals surface area contributed by atoms with Gasteiger partial charge < -0.3 is 23.5 Å². The number of hydrogen-bond donors (Lipinski definition) is 0. The molecule has 0 aliphatic rings. The third-order valence-corrected chi connectivity index (χ3v) is 16.5. The summed E-state index contributed by atoms with van der Waals surface area (Å²) in [6.07, 6.45) is 0. The van der Waals surface area contributed by atoms with Crippen molar-refractivity contribution in [3.63, 3.8) is 0 Å². The number of anilines is 6. The zero-order valence-corrected chi connectivity index (χ0v) is 45.3. The largest absolute Gasteiger partial charge is 0.310 e. The molecule has 0 unspecified atom stereocenters. The molecule has 0 aliphatic carbocycles. The van der Waals surface area contributed by atoms with Crippen LogP contribution in [0.25, 0.3) is 105 Å². The maximum atomic E-state index is 2.42. The summed E-state index contributed by atoms with van der Waals surface area (Å²) >= 11 is 0. The molecule has 0 spiro atoms. The molecule has 13 aromatic carbocycles. The molecule has 5 heteroatoms. The van der Waals surface area contributed by atoms with E-state index in [2.05, 4.69) is 345 Å². The van der Waals surface area contributed by atoms with Gasteiger partial charge in [0.2, 0.25) is 0 Å². The van der Waals surface area contributed by atoms with Crippen molar-refractivity contribution in [1.29, 1.82) is 0 Å². The SMILES string of the molecule is c1ccc(N(c2ccccc2)c2ccc3c(c2)c2cc(-c4ccc5c(c4)c4cc(-c6ccc7c(c6)c6cc(N(c8ccccc8)c8ccccc8)ccc6n7-c6ccccc6)ccc4n5-c4ccccc4)ccc2n3-c2ccccc2)cc1. The second-order valence-electron chi connectivity index (χ2n) is 21.4. The lowest BCUT2D eigenvalue weighted by atomic mass is 9.98. The van der Waals surface area contributed by atoms with Crippen molar-refractivity contribution in [3.05, 3.63) is 322 Å². The van der Waals surface area contributed by atoms with Gasteiger partial charge in [0.15, 0.2) is 0 Å². The number of hydrogen-bond acceptors (Lipinski definition) is 2. The van der Waals surface area contributed by atoms with E-state index in [-0.39, 0.29) is 0 Å². The van der Waals surface area contributed by atoms with E-state index in [1.54, 1.807) is 0 Å². The van der Waals surface area contributed by atoms with E-state index < -0.39 is 0 Å². The topological polar surface area (TPSA) is 21.3 Å². The van der Waals surface area contributed by atoms with Gasteiger partial charge in [0, 0.05) is 83.5 Å². The summed E-state index contributed by atoms with van der Waals surface area (Å²) in [7, 11) is 0. The minimum atomic E-state index is 1.10. The summed E-state index contributed by atoms with van der Waals surface area (Å²) < 4.78 is 7.24. The van der Waals surface area contributed by atoms with Crippen LogP contribution in [0.2, 0.25) is 0 Å². The smallest absolute Gasteiger partial charge is 0.0542 e. The Bertz CT molecular complexity index is 4670. The molecule has 5 nitrogen and oxygen atoms in total. The van der Waals surface area contributed by atoms with Crippen molar-refractivity contribution in [2.45, 2.75) is 0 Å². The summed E-state index contributed by atoms with van der Waals surface area (Å²) in [5.74, 6) is 0. The van der Waals surface area contributed by atoms with E-state index >= 15 is 0 Å². The molecule has 0 saturated heterocycles. The molecule has 390 valence electrons. The highest BCUT2D eigenvalue weighted by Crippen LogP contribution is 2.45. The average molecular weight is 1060 g/mol. The van der Waals surface area contributed by atoms with E-state index in [1.807, 2.05) is 0 Å². The van der Waals surface area contributed by atoms with E-state index in [0.29, 0.717) is 0 Å². The van der Waals surface area contributed by atoms with E-state index in [9.17, 15) is 0 Å². The lowest BCUT2D eigenvalue weighted by molar-refractivity contribution is 1.18. The van der Waals surface area contributed by atoms with Gasteiger partial charge in [-0.25, -0.2) is 0 Å². The van der Waals surface area contributed by atoms with Gasteiger partial charge in [0.1, 0.15) is 0 Å². The zero-order valence-electron chi connectivity index (χ0n) is 45.3. The molecule has 0 fully saturated rings. The van der Waals surface area contributed by atoms with Crippen LogP contribution < -0.4 is 9.80 Å². The Morgan fingerprint density at radius 2 is 0.373 bits per heavy atom. The number of para-hydroxylation sites is 7. The first-order valence-electron chi connectivity index (χ1n) is 28.4. The van der Waals surface area contributed by atoms with Gasteiger partial charge in [-0.1, -0.05) is 152 Å². The molecule has 83 heavy (non-hydrogen) atoms. The van der Waals surface area contributed by atoms with Crippen molar-refractivity contribution >= 4 is 99.5 Å². The van der Waals surface area contributed by atoms with Crippen molar-refractivity contribution in [2.24, 2.45) is 0 Å². The van der Waals surface area contributed by atoms with Crippen LogP contribution in [0.4, 0.5) is 34.1 Å². The van der Waals surface area contributed by atoms with Crippen molar-refractivity contribution in [2.75, 3.05) is 9.80 Å². The number of benzene rings is 13. The average Bonchev–Trinajstić information content (AvgIpc) is 2.68. The minimum Gasteiger partial charge on any atom is -0.310 e. The summed E-state index contributed by atoms with van der Waals surface area (Å²) in [5.41, 5.74) is 21.6. The maximum Gasteiger partial charge on any atom is 0.0542 e. The predicted octanol–water partition coefficient (Wildman–Crippen LogP) is 21.3. The monoisotopic (exact) mass is 1060 g/mol. The number of aromatic nitrogens is 3. The van der Waals surface area contributed by atoms with Gasteiger partial charge in [0.05, 0.1) is 33.1 Å². The van der Waals surface area contributed by atoms with Crippen LogP contribution in [-0.4, -0.2) is 13.7 Å². The lowest BCUT2D eigenvalue weighted by Gasteiger charge is -2.25. The molecule has 0 radical (unpaired) electrons. The molecule has 3 heterocycles. The van der Waals surface area contributed by atoms with Gasteiger partial charge in [-0.05, 0) is 192 Å². The van der Waals surface area contributed by atoms with Gasteiger partial charge in [-0.15, -0.1) is 0 Å². The first kappa shape index (κ1) is 47.8. The molecule has 16 aromatic rings. The first-order valence-corrected chi connectivity index (χ1v) is 28.4.